The van der Waals surface area contributed by atoms with Crippen LogP contribution in [0.1, 0.15) is 57.2 Å². The summed E-state index contributed by atoms with van der Waals surface area (Å²) in [6.07, 6.45) is 7.43. The summed E-state index contributed by atoms with van der Waals surface area (Å²) in [4.78, 5) is 7.27. The number of nitrogens with zero attached hydrogens (tertiary/aromatic N) is 3. The number of fused-ring (bicyclic) bond motifs is 1. The maximum Gasteiger partial charge on any atom is 0.137 e. The first kappa shape index (κ1) is 14.1. The van der Waals surface area contributed by atoms with Gasteiger partial charge in [0.05, 0.1) is 5.69 Å². The van der Waals surface area contributed by atoms with E-state index >= 15 is 0 Å². The van der Waals surface area contributed by atoms with Gasteiger partial charge in [0, 0.05) is 25.3 Å². The Morgan fingerprint density at radius 3 is 2.85 bits per heavy atom. The molecule has 0 amide bonds. The molecular formula is C16H27N3O. The average molecular weight is 277 g/mol. The van der Waals surface area contributed by atoms with Gasteiger partial charge < -0.3 is 14.6 Å². The van der Waals surface area contributed by atoms with Crippen molar-refractivity contribution in [3.8, 4) is 0 Å². The predicted molar refractivity (Wildman–Crippen MR) is 79.6 cm³/mol. The van der Waals surface area contributed by atoms with Crippen LogP contribution in [0.4, 0.5) is 0 Å². The van der Waals surface area contributed by atoms with E-state index in [0.29, 0.717) is 6.04 Å². The SMILES string of the molecule is CC(C)N1CCCC(Cc2cn3c(n2)C(O)CCC3)C1. The number of rotatable bonds is 3. The van der Waals surface area contributed by atoms with Gasteiger partial charge >= 0.3 is 0 Å². The molecule has 1 aromatic heterocycles. The number of imidazole rings is 1. The van der Waals surface area contributed by atoms with Gasteiger partial charge in [0.25, 0.3) is 0 Å². The molecule has 112 valence electrons. The van der Waals surface area contributed by atoms with Crippen LogP contribution in [0.2, 0.25) is 0 Å². The van der Waals surface area contributed by atoms with Crippen molar-refractivity contribution >= 4 is 0 Å². The molecule has 2 aliphatic heterocycles. The van der Waals surface area contributed by atoms with Crippen LogP contribution in [0.25, 0.3) is 0 Å². The van der Waals surface area contributed by atoms with Crippen molar-refractivity contribution in [2.75, 3.05) is 13.1 Å². The lowest BCUT2D eigenvalue weighted by molar-refractivity contribution is 0.133. The summed E-state index contributed by atoms with van der Waals surface area (Å²) in [6, 6.07) is 0.648. The third-order valence-electron chi connectivity index (χ3n) is 4.81. The van der Waals surface area contributed by atoms with E-state index in [1.165, 1.54) is 31.6 Å². The Morgan fingerprint density at radius 1 is 1.30 bits per heavy atom. The standard InChI is InChI=1S/C16H27N3O/c1-12(2)18-7-3-5-13(10-18)9-14-11-19-8-4-6-15(20)16(19)17-14/h11-13,15,20H,3-10H2,1-2H3. The van der Waals surface area contributed by atoms with Crippen LogP contribution in [0, 0.1) is 5.92 Å². The molecule has 4 nitrogen and oxygen atoms in total. The second-order valence-electron chi connectivity index (χ2n) is 6.74. The third-order valence-corrected chi connectivity index (χ3v) is 4.81. The van der Waals surface area contributed by atoms with Gasteiger partial charge in [-0.2, -0.15) is 0 Å². The molecular weight excluding hydrogens is 250 g/mol. The minimum Gasteiger partial charge on any atom is -0.385 e. The number of aliphatic hydroxyl groups excluding tert-OH is 1. The molecule has 4 heteroatoms. The molecule has 0 radical (unpaired) electrons. The normalized spacial score (nSPS) is 27.8. The van der Waals surface area contributed by atoms with E-state index in [1.54, 1.807) is 0 Å². The molecule has 0 aliphatic carbocycles. The van der Waals surface area contributed by atoms with Crippen LogP contribution in [0.3, 0.4) is 0 Å². The van der Waals surface area contributed by atoms with E-state index in [2.05, 4.69) is 29.5 Å². The highest BCUT2D eigenvalue weighted by Crippen LogP contribution is 2.26. The second kappa shape index (κ2) is 5.86. The number of hydrogen-bond donors (Lipinski definition) is 1. The average Bonchev–Trinajstić information content (AvgIpc) is 2.83. The number of aryl methyl sites for hydroxylation is 1. The molecule has 3 rings (SSSR count). The van der Waals surface area contributed by atoms with Crippen LogP contribution in [0.15, 0.2) is 6.20 Å². The number of aliphatic hydroxyl groups is 1. The fourth-order valence-corrected chi connectivity index (χ4v) is 3.64. The summed E-state index contributed by atoms with van der Waals surface area (Å²) in [5, 5.41) is 10.0. The fourth-order valence-electron chi connectivity index (χ4n) is 3.64. The summed E-state index contributed by atoms with van der Waals surface area (Å²) in [7, 11) is 0. The maximum atomic E-state index is 10.0. The first-order chi connectivity index (χ1) is 9.63. The summed E-state index contributed by atoms with van der Waals surface area (Å²) in [6.45, 7) is 8.03. The Kier molecular flexibility index (Phi) is 4.13. The highest BCUT2D eigenvalue weighted by atomic mass is 16.3. The molecule has 20 heavy (non-hydrogen) atoms. The lowest BCUT2D eigenvalue weighted by Gasteiger charge is -2.35. The van der Waals surface area contributed by atoms with Crippen molar-refractivity contribution in [2.24, 2.45) is 5.92 Å². The van der Waals surface area contributed by atoms with Crippen LogP contribution < -0.4 is 0 Å². The molecule has 2 unspecified atom stereocenters. The van der Waals surface area contributed by atoms with E-state index in [-0.39, 0.29) is 6.10 Å². The molecule has 1 aromatic rings. The highest BCUT2D eigenvalue weighted by molar-refractivity contribution is 5.09. The van der Waals surface area contributed by atoms with E-state index < -0.39 is 0 Å². The van der Waals surface area contributed by atoms with Crippen LogP contribution in [0.5, 0.6) is 0 Å². The van der Waals surface area contributed by atoms with Gasteiger partial charge in [-0.05, 0) is 58.4 Å². The molecule has 1 saturated heterocycles. The molecule has 2 atom stereocenters. The van der Waals surface area contributed by atoms with Gasteiger partial charge in [-0.1, -0.05) is 0 Å². The lowest BCUT2D eigenvalue weighted by Crippen LogP contribution is -2.40. The number of likely N-dealkylation sites (tertiary alicyclic amines) is 1. The third kappa shape index (κ3) is 2.91. The first-order valence-corrected chi connectivity index (χ1v) is 8.11. The van der Waals surface area contributed by atoms with E-state index in [9.17, 15) is 5.11 Å². The minimum absolute atomic E-state index is 0.351. The van der Waals surface area contributed by atoms with Crippen LogP contribution in [-0.4, -0.2) is 38.7 Å². The summed E-state index contributed by atoms with van der Waals surface area (Å²) >= 11 is 0. The zero-order chi connectivity index (χ0) is 14.1. The van der Waals surface area contributed by atoms with Gasteiger partial charge in [-0.3, -0.25) is 0 Å². The Hall–Kier alpha value is -0.870. The number of piperidine rings is 1. The highest BCUT2D eigenvalue weighted by Gasteiger charge is 2.25. The van der Waals surface area contributed by atoms with Crippen molar-refractivity contribution < 1.29 is 5.11 Å². The lowest BCUT2D eigenvalue weighted by atomic mass is 9.93. The molecule has 0 saturated carbocycles. The predicted octanol–water partition coefficient (Wildman–Crippen LogP) is 2.37. The van der Waals surface area contributed by atoms with Gasteiger partial charge in [-0.25, -0.2) is 4.98 Å². The van der Waals surface area contributed by atoms with Crippen molar-refractivity contribution in [3.05, 3.63) is 17.7 Å². The van der Waals surface area contributed by atoms with Crippen molar-refractivity contribution in [1.29, 1.82) is 0 Å². The zero-order valence-corrected chi connectivity index (χ0v) is 12.8. The quantitative estimate of drug-likeness (QED) is 0.922. The molecule has 1 fully saturated rings. The summed E-state index contributed by atoms with van der Waals surface area (Å²) < 4.78 is 2.16. The minimum atomic E-state index is -0.351. The topological polar surface area (TPSA) is 41.3 Å². The van der Waals surface area contributed by atoms with Crippen molar-refractivity contribution in [1.82, 2.24) is 14.5 Å². The van der Waals surface area contributed by atoms with E-state index in [0.717, 1.165) is 37.5 Å². The number of aromatic nitrogens is 2. The summed E-state index contributed by atoms with van der Waals surface area (Å²) in [5.41, 5.74) is 1.18. The molecule has 0 aromatic carbocycles. The Labute approximate surface area is 121 Å². The Balaban J connectivity index is 1.66. The zero-order valence-electron chi connectivity index (χ0n) is 12.8. The Morgan fingerprint density at radius 2 is 2.10 bits per heavy atom. The largest absolute Gasteiger partial charge is 0.385 e. The summed E-state index contributed by atoms with van der Waals surface area (Å²) in [5.74, 6) is 1.61. The van der Waals surface area contributed by atoms with Crippen LogP contribution >= 0.6 is 0 Å². The van der Waals surface area contributed by atoms with Gasteiger partial charge in [-0.15, -0.1) is 0 Å². The van der Waals surface area contributed by atoms with Crippen molar-refractivity contribution in [3.63, 3.8) is 0 Å². The molecule has 3 heterocycles. The van der Waals surface area contributed by atoms with E-state index in [4.69, 9.17) is 4.98 Å². The van der Waals surface area contributed by atoms with Crippen molar-refractivity contribution in [2.45, 2.75) is 64.6 Å². The molecule has 0 bridgehead atoms. The van der Waals surface area contributed by atoms with E-state index in [1.807, 2.05) is 0 Å². The molecule has 2 aliphatic rings. The first-order valence-electron chi connectivity index (χ1n) is 8.11. The van der Waals surface area contributed by atoms with Gasteiger partial charge in [0.1, 0.15) is 11.9 Å². The Bertz CT molecular complexity index is 455. The second-order valence-corrected chi connectivity index (χ2v) is 6.74. The van der Waals surface area contributed by atoms with Crippen LogP contribution in [-0.2, 0) is 13.0 Å². The maximum absolute atomic E-state index is 10.0. The molecule has 1 N–H and O–H groups in total. The molecule has 0 spiro atoms. The van der Waals surface area contributed by atoms with Gasteiger partial charge in [0.2, 0.25) is 0 Å². The number of hydrogen-bond acceptors (Lipinski definition) is 3. The fraction of sp³-hybridized carbons (Fsp3) is 0.812. The smallest absolute Gasteiger partial charge is 0.137 e. The monoisotopic (exact) mass is 277 g/mol. The van der Waals surface area contributed by atoms with Gasteiger partial charge in [0.15, 0.2) is 0 Å².